The summed E-state index contributed by atoms with van der Waals surface area (Å²) in [5.74, 6) is 0.163. The molecule has 1 fully saturated rings. The van der Waals surface area contributed by atoms with Gasteiger partial charge in [0.1, 0.15) is 0 Å². The number of nitrogens with zero attached hydrogens (tertiary/aromatic N) is 4. The van der Waals surface area contributed by atoms with Gasteiger partial charge in [0, 0.05) is 25.3 Å². The lowest BCUT2D eigenvalue weighted by Crippen LogP contribution is -2.45. The van der Waals surface area contributed by atoms with Gasteiger partial charge in [0.15, 0.2) is 0 Å². The minimum Gasteiger partial charge on any atom is -0.253 e. The number of sulfonamides is 1. The SMILES string of the molecule is C=CCCS(=O)(=O)N1CCCCC1CCn1ccnn1. The van der Waals surface area contributed by atoms with E-state index in [4.69, 9.17) is 0 Å². The Balaban J connectivity index is 1.99. The fraction of sp³-hybridized carbons (Fsp3) is 0.692. The van der Waals surface area contributed by atoms with E-state index in [1.54, 1.807) is 27.5 Å². The Morgan fingerprint density at radius 2 is 2.25 bits per heavy atom. The van der Waals surface area contributed by atoms with Crippen LogP contribution in [-0.4, -0.2) is 46.1 Å². The van der Waals surface area contributed by atoms with Gasteiger partial charge in [0.05, 0.1) is 11.9 Å². The van der Waals surface area contributed by atoms with Crippen LogP contribution in [0.4, 0.5) is 0 Å². The van der Waals surface area contributed by atoms with Crippen molar-refractivity contribution in [3.05, 3.63) is 25.0 Å². The van der Waals surface area contributed by atoms with Crippen LogP contribution < -0.4 is 0 Å². The van der Waals surface area contributed by atoms with Gasteiger partial charge in [-0.2, -0.15) is 4.31 Å². The van der Waals surface area contributed by atoms with Crippen molar-refractivity contribution in [2.24, 2.45) is 0 Å². The first kappa shape index (κ1) is 15.2. The van der Waals surface area contributed by atoms with Crippen molar-refractivity contribution in [2.45, 2.75) is 44.7 Å². The molecule has 7 heteroatoms. The molecule has 1 saturated heterocycles. The number of aromatic nitrogens is 3. The monoisotopic (exact) mass is 298 g/mol. The van der Waals surface area contributed by atoms with Crippen molar-refractivity contribution >= 4 is 10.0 Å². The van der Waals surface area contributed by atoms with Crippen molar-refractivity contribution in [2.75, 3.05) is 12.3 Å². The molecule has 1 aliphatic heterocycles. The predicted molar refractivity (Wildman–Crippen MR) is 77.6 cm³/mol. The molecule has 2 rings (SSSR count). The molecule has 0 bridgehead atoms. The molecule has 0 N–H and O–H groups in total. The Bertz CT molecular complexity index is 512. The predicted octanol–water partition coefficient (Wildman–Crippen LogP) is 1.43. The van der Waals surface area contributed by atoms with Crippen LogP contribution in [0.5, 0.6) is 0 Å². The second kappa shape index (κ2) is 6.99. The summed E-state index contributed by atoms with van der Waals surface area (Å²) in [7, 11) is -3.17. The van der Waals surface area contributed by atoms with E-state index in [0.717, 1.165) is 25.7 Å². The van der Waals surface area contributed by atoms with Crippen LogP contribution in [0.15, 0.2) is 25.0 Å². The van der Waals surface area contributed by atoms with Gasteiger partial charge in [-0.1, -0.05) is 17.7 Å². The standard InChI is InChI=1S/C13H22N4O2S/c1-2-3-12-20(18,19)17-9-5-4-6-13(17)7-10-16-11-8-14-15-16/h2,8,11,13H,1,3-7,9-10,12H2. The van der Waals surface area contributed by atoms with E-state index >= 15 is 0 Å². The van der Waals surface area contributed by atoms with Gasteiger partial charge >= 0.3 is 0 Å². The first-order chi connectivity index (χ1) is 9.63. The normalized spacial score (nSPS) is 20.9. The summed E-state index contributed by atoms with van der Waals surface area (Å²) in [5.41, 5.74) is 0. The minimum absolute atomic E-state index is 0.0859. The molecule has 6 nitrogen and oxygen atoms in total. The molecule has 112 valence electrons. The van der Waals surface area contributed by atoms with Crippen molar-refractivity contribution < 1.29 is 8.42 Å². The van der Waals surface area contributed by atoms with E-state index < -0.39 is 10.0 Å². The molecule has 0 saturated carbocycles. The van der Waals surface area contributed by atoms with Crippen molar-refractivity contribution in [3.63, 3.8) is 0 Å². The highest BCUT2D eigenvalue weighted by Crippen LogP contribution is 2.24. The van der Waals surface area contributed by atoms with E-state index in [1.807, 2.05) is 0 Å². The zero-order chi connectivity index (χ0) is 14.4. The molecule has 0 radical (unpaired) electrons. The molecule has 1 aromatic heterocycles. The summed E-state index contributed by atoms with van der Waals surface area (Å²) in [6, 6.07) is 0.0859. The molecule has 1 atom stereocenters. The largest absolute Gasteiger partial charge is 0.253 e. The van der Waals surface area contributed by atoms with Gasteiger partial charge in [-0.3, -0.25) is 4.68 Å². The Labute approximate surface area is 120 Å². The summed E-state index contributed by atoms with van der Waals surface area (Å²) >= 11 is 0. The fourth-order valence-corrected chi connectivity index (χ4v) is 4.38. The second-order valence-corrected chi connectivity index (χ2v) is 7.15. The molecule has 1 aromatic rings. The van der Waals surface area contributed by atoms with E-state index in [2.05, 4.69) is 16.9 Å². The molecule has 0 spiro atoms. The molecular weight excluding hydrogens is 276 g/mol. The third kappa shape index (κ3) is 3.89. The van der Waals surface area contributed by atoms with Crippen molar-refractivity contribution in [1.82, 2.24) is 19.3 Å². The molecule has 1 unspecified atom stereocenters. The first-order valence-electron chi connectivity index (χ1n) is 7.08. The summed E-state index contributed by atoms with van der Waals surface area (Å²) < 4.78 is 28.2. The molecule has 20 heavy (non-hydrogen) atoms. The highest BCUT2D eigenvalue weighted by molar-refractivity contribution is 7.89. The van der Waals surface area contributed by atoms with Gasteiger partial charge in [-0.15, -0.1) is 11.7 Å². The molecule has 0 amide bonds. The Morgan fingerprint density at radius 3 is 2.95 bits per heavy atom. The van der Waals surface area contributed by atoms with Gasteiger partial charge in [0.25, 0.3) is 0 Å². The zero-order valence-corrected chi connectivity index (χ0v) is 12.5. The summed E-state index contributed by atoms with van der Waals surface area (Å²) in [6.07, 6.45) is 9.38. The molecular formula is C13H22N4O2S. The van der Waals surface area contributed by atoms with Crippen LogP contribution in [0, 0.1) is 0 Å². The second-order valence-electron chi connectivity index (χ2n) is 5.11. The average Bonchev–Trinajstić information content (AvgIpc) is 2.96. The van der Waals surface area contributed by atoms with Gasteiger partial charge in [0.2, 0.25) is 10.0 Å². The van der Waals surface area contributed by atoms with Crippen LogP contribution >= 0.6 is 0 Å². The van der Waals surface area contributed by atoms with Crippen LogP contribution in [0.2, 0.25) is 0 Å². The zero-order valence-electron chi connectivity index (χ0n) is 11.7. The van der Waals surface area contributed by atoms with E-state index in [0.29, 0.717) is 19.5 Å². The highest BCUT2D eigenvalue weighted by atomic mass is 32.2. The molecule has 2 heterocycles. The third-order valence-corrected chi connectivity index (χ3v) is 5.62. The molecule has 1 aliphatic rings. The lowest BCUT2D eigenvalue weighted by molar-refractivity contribution is 0.231. The summed E-state index contributed by atoms with van der Waals surface area (Å²) in [4.78, 5) is 0. The Morgan fingerprint density at radius 1 is 1.40 bits per heavy atom. The Kier molecular flexibility index (Phi) is 5.31. The number of aryl methyl sites for hydroxylation is 1. The van der Waals surface area contributed by atoms with Crippen molar-refractivity contribution in [3.8, 4) is 0 Å². The van der Waals surface area contributed by atoms with Crippen molar-refractivity contribution in [1.29, 1.82) is 0 Å². The Hall–Kier alpha value is -1.21. The number of allylic oxidation sites excluding steroid dienone is 1. The van der Waals surface area contributed by atoms with Crippen LogP contribution in [0.1, 0.15) is 32.1 Å². The number of hydrogen-bond donors (Lipinski definition) is 0. The number of rotatable bonds is 7. The maximum atomic E-state index is 12.4. The van der Waals surface area contributed by atoms with Crippen LogP contribution in [0.3, 0.4) is 0 Å². The first-order valence-corrected chi connectivity index (χ1v) is 8.69. The molecule has 0 aliphatic carbocycles. The number of hydrogen-bond acceptors (Lipinski definition) is 4. The van der Waals surface area contributed by atoms with Gasteiger partial charge in [-0.05, 0) is 25.7 Å². The fourth-order valence-electron chi connectivity index (χ4n) is 2.61. The van der Waals surface area contributed by atoms with E-state index in [-0.39, 0.29) is 11.8 Å². The minimum atomic E-state index is -3.17. The maximum absolute atomic E-state index is 12.4. The van der Waals surface area contributed by atoms with Crippen LogP contribution in [0.25, 0.3) is 0 Å². The summed E-state index contributed by atoms with van der Waals surface area (Å²) in [5, 5.41) is 7.69. The quantitative estimate of drug-likeness (QED) is 0.714. The van der Waals surface area contributed by atoms with E-state index in [9.17, 15) is 8.42 Å². The third-order valence-electron chi connectivity index (χ3n) is 3.67. The topological polar surface area (TPSA) is 68.1 Å². The average molecular weight is 298 g/mol. The lowest BCUT2D eigenvalue weighted by Gasteiger charge is -2.34. The van der Waals surface area contributed by atoms with Crippen LogP contribution in [-0.2, 0) is 16.6 Å². The number of piperidine rings is 1. The van der Waals surface area contributed by atoms with Gasteiger partial charge < -0.3 is 0 Å². The smallest absolute Gasteiger partial charge is 0.214 e. The lowest BCUT2D eigenvalue weighted by atomic mass is 10.0. The summed E-state index contributed by atoms with van der Waals surface area (Å²) in [6.45, 7) is 4.94. The van der Waals surface area contributed by atoms with E-state index in [1.165, 1.54) is 0 Å². The maximum Gasteiger partial charge on any atom is 0.214 e. The molecule has 0 aromatic carbocycles. The van der Waals surface area contributed by atoms with Gasteiger partial charge in [-0.25, -0.2) is 8.42 Å². The highest BCUT2D eigenvalue weighted by Gasteiger charge is 2.31.